The molecule has 0 fully saturated rings. The zero-order chi connectivity index (χ0) is 15.1. The summed E-state index contributed by atoms with van der Waals surface area (Å²) in [6, 6.07) is 5.67. The number of hydrogen-bond donors (Lipinski definition) is 3. The summed E-state index contributed by atoms with van der Waals surface area (Å²) in [5, 5.41) is 19.8. The highest BCUT2D eigenvalue weighted by Crippen LogP contribution is 2.23. The van der Waals surface area contributed by atoms with Crippen LogP contribution in [0.2, 0.25) is 0 Å². The van der Waals surface area contributed by atoms with E-state index >= 15 is 0 Å². The number of aliphatic carboxylic acids is 2. The molecule has 0 aliphatic carbocycles. The molecular weight excluding hydrogens is 268 g/mol. The molecule has 0 heterocycles. The number of carboxylic acids is 2. The minimum atomic E-state index is -1.30. The number of methoxy groups -OCH3 is 1. The molecule has 0 saturated carbocycles. The van der Waals surface area contributed by atoms with Crippen molar-refractivity contribution in [2.24, 2.45) is 0 Å². The fourth-order valence-electron chi connectivity index (χ4n) is 1.47. The number of hydrogen-bond acceptors (Lipinski definition) is 4. The van der Waals surface area contributed by atoms with E-state index in [1.807, 2.05) is 0 Å². The number of nitrogens with one attached hydrogen (secondary N) is 1. The predicted molar refractivity (Wildman–Crippen MR) is 68.9 cm³/mol. The minimum absolute atomic E-state index is 0.320. The Hall–Kier alpha value is -2.77. The van der Waals surface area contributed by atoms with Crippen LogP contribution in [-0.4, -0.2) is 53.3 Å². The van der Waals surface area contributed by atoms with E-state index < -0.39 is 31.1 Å². The lowest BCUT2D eigenvalue weighted by molar-refractivity contribution is -0.140. The van der Waals surface area contributed by atoms with Crippen LogP contribution in [0.15, 0.2) is 24.3 Å². The van der Waals surface area contributed by atoms with Gasteiger partial charge in [0, 0.05) is 0 Å². The first kappa shape index (κ1) is 15.3. The molecule has 2 amide bonds. The van der Waals surface area contributed by atoms with Gasteiger partial charge in [-0.1, -0.05) is 12.1 Å². The number of rotatable bonds is 6. The maximum absolute atomic E-state index is 11.9. The summed E-state index contributed by atoms with van der Waals surface area (Å²) in [5.74, 6) is -2.23. The standard InChI is InChI=1S/C12H14N2O6/c1-20-9-5-3-2-4-8(9)13-12(19)14(6-10(15)16)7-11(17)18/h2-5H,6-7H2,1H3,(H,13,19)(H,15,16)(H,17,18). The van der Waals surface area contributed by atoms with Gasteiger partial charge in [-0.05, 0) is 12.1 Å². The Balaban J connectivity index is 2.84. The molecule has 1 aromatic rings. The maximum Gasteiger partial charge on any atom is 0.323 e. The highest BCUT2D eigenvalue weighted by atomic mass is 16.5. The van der Waals surface area contributed by atoms with E-state index in [0.717, 1.165) is 0 Å². The fraction of sp³-hybridized carbons (Fsp3) is 0.250. The first-order valence-electron chi connectivity index (χ1n) is 5.56. The van der Waals surface area contributed by atoms with Crippen LogP contribution < -0.4 is 10.1 Å². The van der Waals surface area contributed by atoms with Gasteiger partial charge in [0.2, 0.25) is 0 Å². The molecule has 0 bridgehead atoms. The normalized spacial score (nSPS) is 9.65. The van der Waals surface area contributed by atoms with Crippen molar-refractivity contribution in [3.05, 3.63) is 24.3 Å². The molecule has 0 radical (unpaired) electrons. The number of nitrogens with zero attached hydrogens (tertiary/aromatic N) is 1. The summed E-state index contributed by atoms with van der Waals surface area (Å²) >= 11 is 0. The number of benzene rings is 1. The number of carbonyl (C=O) groups excluding carboxylic acids is 1. The number of carboxylic acid groups (broad SMARTS) is 2. The topological polar surface area (TPSA) is 116 Å². The molecule has 0 aliphatic rings. The Bertz CT molecular complexity index is 500. The van der Waals surface area contributed by atoms with E-state index in [4.69, 9.17) is 14.9 Å². The first-order chi connectivity index (χ1) is 9.43. The Morgan fingerprint density at radius 1 is 1.15 bits per heavy atom. The predicted octanol–water partition coefficient (Wildman–Crippen LogP) is 0.698. The summed E-state index contributed by atoms with van der Waals surface area (Å²) in [6.45, 7) is -1.43. The summed E-state index contributed by atoms with van der Waals surface area (Å²) in [4.78, 5) is 33.8. The lowest BCUT2D eigenvalue weighted by Gasteiger charge is -2.19. The zero-order valence-corrected chi connectivity index (χ0v) is 10.7. The van der Waals surface area contributed by atoms with Crippen molar-refractivity contribution in [3.63, 3.8) is 0 Å². The number of anilines is 1. The molecule has 8 heteroatoms. The third-order valence-electron chi connectivity index (χ3n) is 2.29. The van der Waals surface area contributed by atoms with Gasteiger partial charge >= 0.3 is 18.0 Å². The van der Waals surface area contributed by atoms with E-state index in [0.29, 0.717) is 16.3 Å². The first-order valence-corrected chi connectivity index (χ1v) is 5.56. The van der Waals surface area contributed by atoms with Crippen molar-refractivity contribution in [1.29, 1.82) is 0 Å². The van der Waals surface area contributed by atoms with Crippen molar-refractivity contribution in [2.45, 2.75) is 0 Å². The molecule has 1 aromatic carbocycles. The van der Waals surface area contributed by atoms with E-state index in [2.05, 4.69) is 5.32 Å². The van der Waals surface area contributed by atoms with Gasteiger partial charge in [0.1, 0.15) is 18.8 Å². The Kier molecular flexibility index (Phi) is 5.33. The van der Waals surface area contributed by atoms with Gasteiger partial charge in [-0.2, -0.15) is 0 Å². The van der Waals surface area contributed by atoms with E-state index in [1.54, 1.807) is 24.3 Å². The highest BCUT2D eigenvalue weighted by molar-refractivity contribution is 5.94. The highest BCUT2D eigenvalue weighted by Gasteiger charge is 2.20. The Labute approximate surface area is 114 Å². The number of urea groups is 1. The van der Waals surface area contributed by atoms with Crippen molar-refractivity contribution in [2.75, 3.05) is 25.5 Å². The molecule has 3 N–H and O–H groups in total. The molecule has 20 heavy (non-hydrogen) atoms. The van der Waals surface area contributed by atoms with Crippen LogP contribution in [-0.2, 0) is 9.59 Å². The molecule has 108 valence electrons. The van der Waals surface area contributed by atoms with E-state index in [-0.39, 0.29) is 0 Å². The van der Waals surface area contributed by atoms with E-state index in [1.165, 1.54) is 7.11 Å². The summed E-state index contributed by atoms with van der Waals surface area (Å²) in [5.41, 5.74) is 0.320. The Morgan fingerprint density at radius 3 is 2.20 bits per heavy atom. The van der Waals surface area contributed by atoms with Crippen molar-refractivity contribution >= 4 is 23.7 Å². The van der Waals surface area contributed by atoms with Crippen LogP contribution in [0, 0.1) is 0 Å². The second-order valence-electron chi connectivity index (χ2n) is 3.77. The summed E-state index contributed by atoms with van der Waals surface area (Å²) in [6.07, 6.45) is 0. The number of para-hydroxylation sites is 2. The van der Waals surface area contributed by atoms with Crippen molar-refractivity contribution in [1.82, 2.24) is 4.90 Å². The second kappa shape index (κ2) is 6.98. The van der Waals surface area contributed by atoms with Crippen LogP contribution in [0.25, 0.3) is 0 Å². The van der Waals surface area contributed by atoms with Crippen molar-refractivity contribution < 1.29 is 29.3 Å². The van der Waals surface area contributed by atoms with Gasteiger partial charge in [0.05, 0.1) is 12.8 Å². The third kappa shape index (κ3) is 4.48. The number of amides is 2. The van der Waals surface area contributed by atoms with Gasteiger partial charge in [0.15, 0.2) is 0 Å². The number of ether oxygens (including phenoxy) is 1. The average molecular weight is 282 g/mol. The second-order valence-corrected chi connectivity index (χ2v) is 3.77. The van der Waals surface area contributed by atoms with Crippen LogP contribution in [0.1, 0.15) is 0 Å². The fourth-order valence-corrected chi connectivity index (χ4v) is 1.47. The van der Waals surface area contributed by atoms with Crippen LogP contribution in [0.4, 0.5) is 10.5 Å². The average Bonchev–Trinajstić information content (AvgIpc) is 2.37. The van der Waals surface area contributed by atoms with E-state index in [9.17, 15) is 14.4 Å². The molecule has 1 rings (SSSR count). The molecule has 0 saturated heterocycles. The van der Waals surface area contributed by atoms with Gasteiger partial charge in [0.25, 0.3) is 0 Å². The summed E-state index contributed by atoms with van der Waals surface area (Å²) in [7, 11) is 1.41. The lowest BCUT2D eigenvalue weighted by atomic mass is 10.3. The zero-order valence-electron chi connectivity index (χ0n) is 10.7. The minimum Gasteiger partial charge on any atom is -0.495 e. The van der Waals surface area contributed by atoms with Gasteiger partial charge in [-0.3, -0.25) is 9.59 Å². The Morgan fingerprint density at radius 2 is 1.70 bits per heavy atom. The molecule has 0 atom stereocenters. The summed E-state index contributed by atoms with van der Waals surface area (Å²) < 4.78 is 5.02. The number of carbonyl (C=O) groups is 3. The monoisotopic (exact) mass is 282 g/mol. The molecular formula is C12H14N2O6. The molecule has 0 aromatic heterocycles. The molecule has 0 aliphatic heterocycles. The largest absolute Gasteiger partial charge is 0.495 e. The molecule has 8 nitrogen and oxygen atoms in total. The lowest BCUT2D eigenvalue weighted by Crippen LogP contribution is -2.42. The quantitative estimate of drug-likeness (QED) is 0.707. The van der Waals surface area contributed by atoms with Crippen molar-refractivity contribution in [3.8, 4) is 5.75 Å². The third-order valence-corrected chi connectivity index (χ3v) is 2.29. The SMILES string of the molecule is COc1ccccc1NC(=O)N(CC(=O)O)CC(=O)O. The maximum atomic E-state index is 11.9. The van der Waals surface area contributed by atoms with Crippen LogP contribution in [0.5, 0.6) is 5.75 Å². The van der Waals surface area contributed by atoms with Crippen LogP contribution >= 0.6 is 0 Å². The van der Waals surface area contributed by atoms with Gasteiger partial charge in [-0.25, -0.2) is 4.79 Å². The van der Waals surface area contributed by atoms with Gasteiger partial charge in [-0.15, -0.1) is 0 Å². The molecule has 0 spiro atoms. The van der Waals surface area contributed by atoms with Crippen LogP contribution in [0.3, 0.4) is 0 Å². The molecule has 0 unspecified atom stereocenters. The van der Waals surface area contributed by atoms with Gasteiger partial charge < -0.3 is 25.2 Å². The smallest absolute Gasteiger partial charge is 0.323 e.